The minimum atomic E-state index is -5.34. The number of ketones is 1. The van der Waals surface area contributed by atoms with E-state index in [1.807, 2.05) is 6.92 Å². The molecule has 0 saturated carbocycles. The fraction of sp³-hybridized carbons (Fsp3) is 0.317. The van der Waals surface area contributed by atoms with Crippen LogP contribution in [0.3, 0.4) is 0 Å². The average Bonchev–Trinajstić information content (AvgIpc) is 3.95. The molecule has 1 unspecified atom stereocenters. The maximum Gasteiger partial charge on any atom is 0.472 e. The SMILES string of the molecule is Cc1ccc(C(=O)Oc2ccc(CS[P@]3(=O)OC[C@H]4O[C@@H](N5C=C(c6ccccc6)C(=O)CC5=O)[C@H](OP(=O)(O)OC[C@H]5O[C@@H](n6cnc7c(N)ncnc76)[C@H](O3)[C@@H]5F)[C@@H]4F)cc2)cc1. The zero-order valence-corrected chi connectivity index (χ0v) is 36.5. The number of ether oxygens (including phenoxy) is 3. The fourth-order valence-electron chi connectivity index (χ4n) is 7.49. The third-order valence-electron chi connectivity index (χ3n) is 10.8. The van der Waals surface area contributed by atoms with Gasteiger partial charge in [-0.1, -0.05) is 60.2 Å². The van der Waals surface area contributed by atoms with Crippen LogP contribution in [0.2, 0.25) is 0 Å². The number of aryl methyl sites for hydroxylation is 1. The molecule has 340 valence electrons. The van der Waals surface area contributed by atoms with Crippen molar-refractivity contribution < 1.29 is 69.5 Å². The van der Waals surface area contributed by atoms with Crippen LogP contribution in [-0.2, 0) is 52.0 Å². The zero-order chi connectivity index (χ0) is 45.6. The van der Waals surface area contributed by atoms with E-state index in [1.54, 1.807) is 66.7 Å². The molecule has 19 nitrogen and oxygen atoms in total. The number of benzene rings is 3. The summed E-state index contributed by atoms with van der Waals surface area (Å²) in [7, 11) is -5.34. The number of carbonyl (C=O) groups is 3. The zero-order valence-electron chi connectivity index (χ0n) is 33.9. The molecular weight excluding hydrogens is 916 g/mol. The van der Waals surface area contributed by atoms with E-state index < -0.39 is 101 Å². The van der Waals surface area contributed by atoms with Crippen molar-refractivity contribution >= 4 is 66.2 Å². The van der Waals surface area contributed by atoms with Gasteiger partial charge in [0.15, 0.2) is 42.0 Å². The Kier molecular flexibility index (Phi) is 12.6. The van der Waals surface area contributed by atoms with Gasteiger partial charge in [0.1, 0.15) is 42.0 Å². The number of rotatable bonds is 8. The fourth-order valence-corrected chi connectivity index (χ4v) is 11.8. The molecule has 3 aromatic carbocycles. The Labute approximate surface area is 372 Å². The second kappa shape index (κ2) is 18.2. The van der Waals surface area contributed by atoms with Crippen LogP contribution in [0.4, 0.5) is 14.6 Å². The number of nitrogens with two attached hydrogens (primary N) is 1. The third kappa shape index (κ3) is 9.42. The first-order valence-electron chi connectivity index (χ1n) is 19.9. The standard InChI is InChI=1S/C41H38F2N6O13P2S/c1-22-7-11-25(12-8-22)41(52)58-26-13-9-23(10-14-26)19-65-64(55)57-18-30-32(42)35(39(59-30)48-16-27(28(50)15-31(48)51)24-5-3-2-4-6-24)61-63(53,54)56-17-29-33(43)36(62-64)40(60-29)49-21-47-34-37(44)45-20-46-38(34)49/h2-14,16,20-21,29-30,32-33,35-36,39-40H,15,17-19H2,1H3,(H,53,54)(H2,44,45,46)/t29-,30-,32-,33-,35-,36-,39-,40-,64-/m1/s1. The number of Topliss-reactive ketones (excluding diaryl/α,β-unsaturated/α-hetero) is 1. The van der Waals surface area contributed by atoms with Gasteiger partial charge in [-0.3, -0.25) is 37.2 Å². The van der Waals surface area contributed by atoms with Crippen LogP contribution in [0.15, 0.2) is 97.7 Å². The number of aromatic nitrogens is 4. The number of alkyl halides is 2. The third-order valence-corrected chi connectivity index (χ3v) is 15.5. The Morgan fingerprint density at radius 1 is 0.892 bits per heavy atom. The highest BCUT2D eigenvalue weighted by molar-refractivity contribution is 8.54. The molecule has 65 heavy (non-hydrogen) atoms. The summed E-state index contributed by atoms with van der Waals surface area (Å²) in [6.07, 6.45) is -12.4. The van der Waals surface area contributed by atoms with Gasteiger partial charge in [0.05, 0.1) is 31.5 Å². The number of esters is 1. The number of halogens is 2. The van der Waals surface area contributed by atoms with E-state index in [4.69, 9.17) is 38.0 Å². The van der Waals surface area contributed by atoms with E-state index >= 15 is 13.3 Å². The van der Waals surface area contributed by atoms with E-state index in [0.29, 0.717) is 28.1 Å². The van der Waals surface area contributed by atoms with E-state index in [9.17, 15) is 23.8 Å². The lowest BCUT2D eigenvalue weighted by Gasteiger charge is -2.32. The lowest BCUT2D eigenvalue weighted by molar-refractivity contribution is -0.148. The smallest absolute Gasteiger partial charge is 0.423 e. The molecule has 0 radical (unpaired) electrons. The summed E-state index contributed by atoms with van der Waals surface area (Å²) in [4.78, 5) is 63.3. The largest absolute Gasteiger partial charge is 0.472 e. The predicted molar refractivity (Wildman–Crippen MR) is 226 cm³/mol. The quantitative estimate of drug-likeness (QED) is 0.0780. The Bertz CT molecular complexity index is 2760. The number of anilines is 1. The molecule has 3 saturated heterocycles. The van der Waals surface area contributed by atoms with Gasteiger partial charge in [0, 0.05) is 17.5 Å². The number of imidazole rings is 1. The van der Waals surface area contributed by atoms with Crippen LogP contribution < -0.4 is 10.5 Å². The van der Waals surface area contributed by atoms with Gasteiger partial charge in [0.25, 0.3) is 0 Å². The van der Waals surface area contributed by atoms with Crippen molar-refractivity contribution in [1.82, 2.24) is 24.4 Å². The van der Waals surface area contributed by atoms with E-state index in [2.05, 4.69) is 15.0 Å². The number of phosphoric acid groups is 1. The highest BCUT2D eigenvalue weighted by Crippen LogP contribution is 2.65. The number of nitrogen functional groups attached to an aromatic ring is 1. The Morgan fingerprint density at radius 2 is 1.57 bits per heavy atom. The van der Waals surface area contributed by atoms with Crippen molar-refractivity contribution in [1.29, 1.82) is 0 Å². The number of amides is 1. The van der Waals surface area contributed by atoms with Crippen molar-refractivity contribution in [3.8, 4) is 5.75 Å². The Balaban J connectivity index is 1.02. The number of carbonyl (C=O) groups excluding carboxylic acids is 3. The molecule has 0 aliphatic carbocycles. The minimum Gasteiger partial charge on any atom is -0.423 e. The number of nitrogens with zero attached hydrogens (tertiary/aromatic N) is 5. The monoisotopic (exact) mass is 954 g/mol. The van der Waals surface area contributed by atoms with Crippen LogP contribution in [-0.4, -0.2) is 103 Å². The Hall–Kier alpha value is -5.25. The van der Waals surface area contributed by atoms with E-state index in [0.717, 1.165) is 23.0 Å². The van der Waals surface area contributed by atoms with Crippen molar-refractivity contribution in [3.05, 3.63) is 120 Å². The Morgan fingerprint density at radius 3 is 2.29 bits per heavy atom. The van der Waals surface area contributed by atoms with Crippen LogP contribution in [0, 0.1) is 6.92 Å². The molecule has 3 fully saturated rings. The number of fused-ring (bicyclic) bond motifs is 5. The topological polar surface area (TPSA) is 243 Å². The van der Waals surface area contributed by atoms with Crippen molar-refractivity contribution in [2.75, 3.05) is 18.9 Å². The molecule has 1 amide bonds. The van der Waals surface area contributed by atoms with Crippen molar-refractivity contribution in [2.45, 2.75) is 68.3 Å². The maximum atomic E-state index is 16.7. The van der Waals surface area contributed by atoms with Gasteiger partial charge in [-0.05, 0) is 53.7 Å². The van der Waals surface area contributed by atoms with E-state index in [1.165, 1.54) is 23.0 Å². The number of phosphoric ester groups is 1. The van der Waals surface area contributed by atoms with Crippen LogP contribution in [0.5, 0.6) is 5.75 Å². The summed E-state index contributed by atoms with van der Waals surface area (Å²) >= 11 is 0.604. The first-order valence-corrected chi connectivity index (χ1v) is 24.5. The summed E-state index contributed by atoms with van der Waals surface area (Å²) in [6.45, 7) is -4.67. The van der Waals surface area contributed by atoms with Crippen molar-refractivity contribution in [2.24, 2.45) is 0 Å². The molecule has 9 rings (SSSR count). The summed E-state index contributed by atoms with van der Waals surface area (Å²) in [5.41, 5.74) is 8.51. The lowest BCUT2D eigenvalue weighted by Crippen LogP contribution is -2.47. The van der Waals surface area contributed by atoms with Gasteiger partial charge < -0.3 is 24.8 Å². The van der Waals surface area contributed by atoms with E-state index in [-0.39, 0.29) is 34.1 Å². The molecule has 4 bridgehead atoms. The second-order valence-corrected chi connectivity index (χ2v) is 20.7. The molecule has 5 aromatic rings. The van der Waals surface area contributed by atoms with Crippen LogP contribution >= 0.6 is 26.0 Å². The molecule has 2 aromatic heterocycles. The minimum absolute atomic E-state index is 0.0167. The predicted octanol–water partition coefficient (Wildman–Crippen LogP) is 6.04. The maximum absolute atomic E-state index is 16.7. The summed E-state index contributed by atoms with van der Waals surface area (Å²) < 4.78 is 103. The molecule has 6 heterocycles. The summed E-state index contributed by atoms with van der Waals surface area (Å²) in [5.74, 6) is -1.88. The number of allylic oxidation sites excluding steroid dienone is 1. The molecule has 10 atom stereocenters. The molecule has 24 heteroatoms. The van der Waals surface area contributed by atoms with Gasteiger partial charge in [-0.2, -0.15) is 0 Å². The van der Waals surface area contributed by atoms with Crippen LogP contribution in [0.1, 0.15) is 39.7 Å². The molecule has 3 N–H and O–H groups in total. The van der Waals surface area contributed by atoms with Gasteiger partial charge in [0.2, 0.25) is 5.91 Å². The highest BCUT2D eigenvalue weighted by atomic mass is 32.7. The normalized spacial score (nSPS) is 30.8. The van der Waals surface area contributed by atoms with Gasteiger partial charge >= 0.3 is 20.6 Å². The second-order valence-electron chi connectivity index (χ2n) is 15.2. The summed E-state index contributed by atoms with van der Waals surface area (Å²) in [5, 5.41) is 0. The first-order chi connectivity index (χ1) is 31.1. The molecule has 4 aliphatic rings. The number of hydrogen-bond acceptors (Lipinski definition) is 17. The molecule has 4 aliphatic heterocycles. The van der Waals surface area contributed by atoms with Crippen LogP contribution in [0.25, 0.3) is 16.7 Å². The van der Waals surface area contributed by atoms with Crippen molar-refractivity contribution in [3.63, 3.8) is 0 Å². The van der Waals surface area contributed by atoms with Gasteiger partial charge in [-0.25, -0.2) is 37.7 Å². The van der Waals surface area contributed by atoms with Gasteiger partial charge in [-0.15, -0.1) is 0 Å². The first kappa shape index (κ1) is 44.9. The molecule has 0 spiro atoms. The lowest BCUT2D eigenvalue weighted by atomic mass is 9.97. The highest BCUT2D eigenvalue weighted by Gasteiger charge is 2.56. The number of hydrogen-bond donors (Lipinski definition) is 2. The molecular formula is C41H38F2N6O13P2S. The average molecular weight is 955 g/mol. The summed E-state index contributed by atoms with van der Waals surface area (Å²) in [6, 6.07) is 21.3.